The molecule has 0 aliphatic carbocycles. The van der Waals surface area contributed by atoms with Crippen LogP contribution in [0, 0.1) is 6.92 Å². The number of anilines is 1. The number of aromatic nitrogens is 3. The van der Waals surface area contributed by atoms with Crippen LogP contribution in [0.4, 0.5) is 5.69 Å². The van der Waals surface area contributed by atoms with Gasteiger partial charge in [-0.05, 0) is 42.8 Å². The summed E-state index contributed by atoms with van der Waals surface area (Å²) in [5, 5.41) is 11.8. The summed E-state index contributed by atoms with van der Waals surface area (Å²) in [5.41, 5.74) is 2.99. The first-order valence-electron chi connectivity index (χ1n) is 7.78. The molecule has 0 aliphatic rings. The number of rotatable bonds is 6. The smallest absolute Gasteiger partial charge is 0.225 e. The van der Waals surface area contributed by atoms with Crippen LogP contribution in [0.25, 0.3) is 5.69 Å². The lowest BCUT2D eigenvalue weighted by molar-refractivity contribution is -0.115. The highest BCUT2D eigenvalue weighted by atomic mass is 79.9. The molecule has 128 valence electrons. The largest absolute Gasteiger partial charge is 0.326 e. The third-order valence-corrected chi connectivity index (χ3v) is 5.05. The fraction of sp³-hybridized carbons (Fsp3) is 0.167. The van der Waals surface area contributed by atoms with Gasteiger partial charge in [0.1, 0.15) is 6.33 Å². The number of amides is 1. The van der Waals surface area contributed by atoms with Crippen molar-refractivity contribution in [3.05, 3.63) is 64.9 Å². The van der Waals surface area contributed by atoms with Gasteiger partial charge in [-0.15, -0.1) is 10.2 Å². The molecule has 1 heterocycles. The number of carbonyl (C=O) groups excluding carboxylic acids is 1. The normalized spacial score (nSPS) is 10.6. The maximum atomic E-state index is 12.1. The molecular formula is C18H17BrN4OS. The van der Waals surface area contributed by atoms with E-state index in [0.717, 1.165) is 26.6 Å². The van der Waals surface area contributed by atoms with Crippen molar-refractivity contribution in [2.24, 2.45) is 0 Å². The number of carbonyl (C=O) groups is 1. The average molecular weight is 417 g/mol. The topological polar surface area (TPSA) is 59.8 Å². The van der Waals surface area contributed by atoms with Crippen LogP contribution in [0.15, 0.2) is 64.5 Å². The Morgan fingerprint density at radius 2 is 1.96 bits per heavy atom. The first-order chi connectivity index (χ1) is 12.1. The van der Waals surface area contributed by atoms with Crippen LogP contribution < -0.4 is 5.32 Å². The highest BCUT2D eigenvalue weighted by molar-refractivity contribution is 9.10. The van der Waals surface area contributed by atoms with Crippen molar-refractivity contribution in [1.82, 2.24) is 14.8 Å². The number of benzene rings is 2. The third-order valence-electron chi connectivity index (χ3n) is 3.58. The molecule has 5 nitrogen and oxygen atoms in total. The summed E-state index contributed by atoms with van der Waals surface area (Å²) in [7, 11) is 0. The Balaban J connectivity index is 1.56. The predicted octanol–water partition coefficient (Wildman–Crippen LogP) is 4.46. The van der Waals surface area contributed by atoms with E-state index in [0.29, 0.717) is 12.2 Å². The van der Waals surface area contributed by atoms with Gasteiger partial charge in [0.05, 0.1) is 5.69 Å². The highest BCUT2D eigenvalue weighted by Gasteiger charge is 2.10. The lowest BCUT2D eigenvalue weighted by Gasteiger charge is -2.09. The predicted molar refractivity (Wildman–Crippen MR) is 104 cm³/mol. The van der Waals surface area contributed by atoms with Crippen LogP contribution in [0.2, 0.25) is 0 Å². The van der Waals surface area contributed by atoms with E-state index in [1.165, 1.54) is 11.8 Å². The zero-order chi connectivity index (χ0) is 17.6. The fourth-order valence-electron chi connectivity index (χ4n) is 2.31. The van der Waals surface area contributed by atoms with Crippen molar-refractivity contribution in [2.45, 2.75) is 18.5 Å². The second-order valence-corrected chi connectivity index (χ2v) is 7.40. The van der Waals surface area contributed by atoms with Crippen LogP contribution in [-0.4, -0.2) is 26.4 Å². The van der Waals surface area contributed by atoms with E-state index in [-0.39, 0.29) is 5.91 Å². The van der Waals surface area contributed by atoms with Crippen molar-refractivity contribution in [1.29, 1.82) is 0 Å². The van der Waals surface area contributed by atoms with Crippen molar-refractivity contribution in [2.75, 3.05) is 11.1 Å². The molecule has 0 bridgehead atoms. The van der Waals surface area contributed by atoms with Crippen molar-refractivity contribution < 1.29 is 4.79 Å². The number of hydrogen-bond donors (Lipinski definition) is 1. The van der Waals surface area contributed by atoms with Gasteiger partial charge in [0.2, 0.25) is 5.91 Å². The average Bonchev–Trinajstić information content (AvgIpc) is 3.06. The van der Waals surface area contributed by atoms with Crippen LogP contribution in [0.5, 0.6) is 0 Å². The zero-order valence-corrected chi connectivity index (χ0v) is 16.0. The first-order valence-corrected chi connectivity index (χ1v) is 9.55. The third kappa shape index (κ3) is 4.70. The molecule has 7 heteroatoms. The SMILES string of the molecule is Cc1ccccc1-n1cnnc1SCCC(=O)Nc1ccc(Br)cc1. The first kappa shape index (κ1) is 17.7. The van der Waals surface area contributed by atoms with Crippen LogP contribution in [-0.2, 0) is 4.79 Å². The van der Waals surface area contributed by atoms with Gasteiger partial charge < -0.3 is 5.32 Å². The van der Waals surface area contributed by atoms with Crippen LogP contribution >= 0.6 is 27.7 Å². The molecular weight excluding hydrogens is 400 g/mol. The van der Waals surface area contributed by atoms with E-state index in [2.05, 4.69) is 44.4 Å². The maximum absolute atomic E-state index is 12.1. The van der Waals surface area contributed by atoms with Crippen molar-refractivity contribution in [3.63, 3.8) is 0 Å². The minimum Gasteiger partial charge on any atom is -0.326 e. The summed E-state index contributed by atoms with van der Waals surface area (Å²) in [6, 6.07) is 15.6. The van der Waals surface area contributed by atoms with Gasteiger partial charge in [-0.2, -0.15) is 0 Å². The molecule has 3 aromatic rings. The molecule has 1 N–H and O–H groups in total. The Kier molecular flexibility index (Phi) is 5.88. The molecule has 1 amide bonds. The van der Waals surface area contributed by atoms with Gasteiger partial charge >= 0.3 is 0 Å². The Morgan fingerprint density at radius 3 is 2.72 bits per heavy atom. The molecule has 25 heavy (non-hydrogen) atoms. The monoisotopic (exact) mass is 416 g/mol. The summed E-state index contributed by atoms with van der Waals surface area (Å²) < 4.78 is 2.93. The molecule has 0 fully saturated rings. The van der Waals surface area contributed by atoms with E-state index in [9.17, 15) is 4.79 Å². The van der Waals surface area contributed by atoms with E-state index < -0.39 is 0 Å². The van der Waals surface area contributed by atoms with E-state index in [4.69, 9.17) is 0 Å². The van der Waals surface area contributed by atoms with Crippen molar-refractivity contribution in [3.8, 4) is 5.69 Å². The molecule has 0 spiro atoms. The minimum absolute atomic E-state index is 0.0169. The number of hydrogen-bond acceptors (Lipinski definition) is 4. The van der Waals surface area contributed by atoms with Crippen LogP contribution in [0.3, 0.4) is 0 Å². The van der Waals surface area contributed by atoms with Gasteiger partial charge in [0.25, 0.3) is 0 Å². The van der Waals surface area contributed by atoms with Crippen LogP contribution in [0.1, 0.15) is 12.0 Å². The number of aryl methyl sites for hydroxylation is 1. The van der Waals surface area contributed by atoms with Gasteiger partial charge in [-0.1, -0.05) is 45.9 Å². The quantitative estimate of drug-likeness (QED) is 0.602. The zero-order valence-electron chi connectivity index (χ0n) is 13.6. The standard InChI is InChI=1S/C18H17BrN4OS/c1-13-4-2-3-5-16(13)23-12-20-22-18(23)25-11-10-17(24)21-15-8-6-14(19)7-9-15/h2-9,12H,10-11H2,1H3,(H,21,24). The summed E-state index contributed by atoms with van der Waals surface area (Å²) in [4.78, 5) is 12.1. The summed E-state index contributed by atoms with van der Waals surface area (Å²) >= 11 is 4.90. The van der Waals surface area contributed by atoms with Crippen molar-refractivity contribution >= 4 is 39.3 Å². The highest BCUT2D eigenvalue weighted by Crippen LogP contribution is 2.22. The van der Waals surface area contributed by atoms with E-state index >= 15 is 0 Å². The second-order valence-electron chi connectivity index (χ2n) is 5.42. The second kappa shape index (κ2) is 8.31. The Hall–Kier alpha value is -2.12. The fourth-order valence-corrected chi connectivity index (χ4v) is 3.44. The van der Waals surface area contributed by atoms with E-state index in [1.807, 2.05) is 47.0 Å². The molecule has 1 aromatic heterocycles. The molecule has 0 aliphatic heterocycles. The number of para-hydroxylation sites is 1. The number of thioether (sulfide) groups is 1. The summed E-state index contributed by atoms with van der Waals surface area (Å²) in [6.45, 7) is 2.05. The molecule has 0 saturated carbocycles. The summed E-state index contributed by atoms with van der Waals surface area (Å²) in [6.07, 6.45) is 2.11. The molecule has 0 saturated heterocycles. The Morgan fingerprint density at radius 1 is 1.20 bits per heavy atom. The van der Waals surface area contributed by atoms with Gasteiger partial charge in [-0.3, -0.25) is 9.36 Å². The summed E-state index contributed by atoms with van der Waals surface area (Å²) in [5.74, 6) is 0.615. The minimum atomic E-state index is -0.0169. The molecule has 3 rings (SSSR count). The lowest BCUT2D eigenvalue weighted by Crippen LogP contribution is -2.12. The van der Waals surface area contributed by atoms with Gasteiger partial charge in [0.15, 0.2) is 5.16 Å². The van der Waals surface area contributed by atoms with Gasteiger partial charge in [-0.25, -0.2) is 0 Å². The lowest BCUT2D eigenvalue weighted by atomic mass is 10.2. The molecule has 0 atom stereocenters. The Labute approximate surface area is 159 Å². The van der Waals surface area contributed by atoms with Gasteiger partial charge in [0, 0.05) is 22.3 Å². The molecule has 0 unspecified atom stereocenters. The Bertz CT molecular complexity index is 864. The number of halogens is 1. The van der Waals surface area contributed by atoms with E-state index in [1.54, 1.807) is 6.33 Å². The maximum Gasteiger partial charge on any atom is 0.225 e. The molecule has 0 radical (unpaired) electrons. The number of nitrogens with zero attached hydrogens (tertiary/aromatic N) is 3. The number of nitrogens with one attached hydrogen (secondary N) is 1. The molecule has 2 aromatic carbocycles.